The van der Waals surface area contributed by atoms with Crippen LogP contribution in [-0.4, -0.2) is 65.7 Å². The molecule has 66 valence electrons. The third-order valence-corrected chi connectivity index (χ3v) is 0.966. The summed E-state index contributed by atoms with van der Waals surface area (Å²) in [5.74, 6) is -2.87. The number of aliphatic carboxylic acids is 2. The van der Waals surface area contributed by atoms with Crippen molar-refractivity contribution < 1.29 is 24.6 Å². The van der Waals surface area contributed by atoms with Crippen molar-refractivity contribution in [2.45, 2.75) is 19.3 Å². The Morgan fingerprint density at radius 2 is 1.31 bits per heavy atom. The molecule has 0 radical (unpaired) electrons. The summed E-state index contributed by atoms with van der Waals surface area (Å²) in [6.07, 6.45) is -1.10. The predicted molar refractivity (Wildman–Crippen MR) is 48.4 cm³/mol. The minimum atomic E-state index is -1.22. The number of hydrogen-bond acceptors (Lipinski definition) is 3. The van der Waals surface area contributed by atoms with Gasteiger partial charge >= 0.3 is 49.7 Å². The van der Waals surface area contributed by atoms with Crippen LogP contribution >= 0.6 is 0 Å². The summed E-state index contributed by atoms with van der Waals surface area (Å²) < 4.78 is 0. The Hall–Kier alpha value is -0.195. The second-order valence-corrected chi connectivity index (χ2v) is 2.00. The van der Waals surface area contributed by atoms with E-state index in [9.17, 15) is 14.4 Å². The molecular formula is C6H10Li2O5. The summed E-state index contributed by atoms with van der Waals surface area (Å²) in [4.78, 5) is 30.3. The van der Waals surface area contributed by atoms with Crippen molar-refractivity contribution in [1.82, 2.24) is 0 Å². The fourth-order valence-electron chi connectivity index (χ4n) is 0.503. The van der Waals surface area contributed by atoms with Crippen LogP contribution in [0.25, 0.3) is 0 Å². The van der Waals surface area contributed by atoms with Crippen molar-refractivity contribution in [3.63, 3.8) is 0 Å². The number of ketones is 1. The van der Waals surface area contributed by atoms with E-state index in [0.717, 1.165) is 0 Å². The molecule has 0 aromatic rings. The molecule has 0 spiro atoms. The molecule has 0 aliphatic carbocycles. The van der Waals surface area contributed by atoms with Crippen LogP contribution < -0.4 is 0 Å². The van der Waals surface area contributed by atoms with E-state index in [4.69, 9.17) is 10.2 Å². The Bertz CT molecular complexity index is 191. The first kappa shape index (κ1) is 18.6. The van der Waals surface area contributed by atoms with Gasteiger partial charge in [-0.25, -0.2) is 0 Å². The number of Topliss-reactive ketones (excluding diaryl/α,β-unsaturated/α-hetero) is 1. The normalized spacial score (nSPS) is 7.69. The zero-order chi connectivity index (χ0) is 8.85. The number of carboxylic acids is 2. The predicted octanol–water partition coefficient (Wildman–Crippen LogP) is -1.40. The Morgan fingerprint density at radius 3 is 1.62 bits per heavy atom. The average Bonchev–Trinajstić information content (AvgIpc) is 1.82. The van der Waals surface area contributed by atoms with E-state index in [1.54, 1.807) is 0 Å². The molecule has 0 amide bonds. The van der Waals surface area contributed by atoms with Gasteiger partial charge in [-0.3, -0.25) is 14.4 Å². The van der Waals surface area contributed by atoms with Crippen LogP contribution in [0, 0.1) is 0 Å². The molecule has 0 saturated heterocycles. The maximum atomic E-state index is 10.5. The molecule has 0 saturated carbocycles. The molecule has 5 nitrogen and oxygen atoms in total. The van der Waals surface area contributed by atoms with Gasteiger partial charge in [0.15, 0.2) is 0 Å². The van der Waals surface area contributed by atoms with Gasteiger partial charge in [-0.1, -0.05) is 0 Å². The number of hydrogen-bond donors (Lipinski definition) is 2. The van der Waals surface area contributed by atoms with Crippen molar-refractivity contribution in [2.24, 2.45) is 0 Å². The minimum absolute atomic E-state index is 0. The first-order chi connectivity index (χ1) is 5.02. The van der Waals surface area contributed by atoms with E-state index in [-0.39, 0.29) is 50.6 Å². The van der Waals surface area contributed by atoms with Crippen LogP contribution in [0.5, 0.6) is 0 Å². The van der Waals surface area contributed by atoms with Crippen LogP contribution in [0.2, 0.25) is 0 Å². The Kier molecular flexibility index (Phi) is 14.1. The molecule has 0 unspecified atom stereocenters. The number of carbonyl (C=O) groups excluding carboxylic acids is 1. The van der Waals surface area contributed by atoms with Crippen LogP contribution in [-0.2, 0) is 14.4 Å². The van der Waals surface area contributed by atoms with Crippen molar-refractivity contribution in [2.75, 3.05) is 0 Å². The van der Waals surface area contributed by atoms with E-state index in [0.29, 0.717) is 0 Å². The molecule has 0 atom stereocenters. The van der Waals surface area contributed by atoms with E-state index in [1.165, 1.54) is 0 Å². The molecule has 0 heterocycles. The van der Waals surface area contributed by atoms with Gasteiger partial charge < -0.3 is 10.2 Å². The van der Waals surface area contributed by atoms with Gasteiger partial charge in [0.25, 0.3) is 0 Å². The summed E-state index contributed by atoms with van der Waals surface area (Å²) in [5, 5.41) is 16.2. The number of carbonyl (C=O) groups is 3. The maximum absolute atomic E-state index is 10.5. The first-order valence-electron chi connectivity index (χ1n) is 2.97. The van der Waals surface area contributed by atoms with Gasteiger partial charge in [-0.15, -0.1) is 0 Å². The fraction of sp³-hybridized carbons (Fsp3) is 0.500. The molecular weight excluding hydrogens is 166 g/mol. The molecule has 13 heavy (non-hydrogen) atoms. The van der Waals surface area contributed by atoms with E-state index in [1.807, 2.05) is 0 Å². The topological polar surface area (TPSA) is 91.7 Å². The number of carboxylic acid groups (broad SMARTS) is 2. The summed E-state index contributed by atoms with van der Waals surface area (Å²) in [7, 11) is 0. The molecule has 0 aliphatic rings. The Balaban J connectivity index is -0.000000500. The number of rotatable bonds is 5. The van der Waals surface area contributed by atoms with Gasteiger partial charge in [0.1, 0.15) is 12.2 Å². The van der Waals surface area contributed by atoms with Crippen LogP contribution in [0.3, 0.4) is 0 Å². The molecule has 0 fully saturated rings. The molecule has 0 rings (SSSR count). The molecule has 0 aliphatic heterocycles. The Labute approximate surface area is 99.2 Å². The summed E-state index contributed by atoms with van der Waals surface area (Å²) in [6, 6.07) is 0. The third kappa shape index (κ3) is 14.6. The second kappa shape index (κ2) is 9.89. The molecule has 0 bridgehead atoms. The summed E-state index contributed by atoms with van der Waals surface area (Å²) in [6.45, 7) is 0. The van der Waals surface area contributed by atoms with Crippen molar-refractivity contribution in [1.29, 1.82) is 0 Å². The second-order valence-electron chi connectivity index (χ2n) is 2.00. The van der Waals surface area contributed by atoms with Crippen LogP contribution in [0.1, 0.15) is 19.3 Å². The zero-order valence-electron chi connectivity index (χ0n) is 5.74. The van der Waals surface area contributed by atoms with Crippen molar-refractivity contribution >= 4 is 55.4 Å². The summed E-state index contributed by atoms with van der Waals surface area (Å²) >= 11 is 0. The van der Waals surface area contributed by atoms with Gasteiger partial charge in [0.05, 0.1) is 6.42 Å². The molecule has 0 aromatic heterocycles. The molecule has 7 heteroatoms. The van der Waals surface area contributed by atoms with Gasteiger partial charge in [-0.2, -0.15) is 0 Å². The van der Waals surface area contributed by atoms with Crippen LogP contribution in [0.15, 0.2) is 0 Å². The van der Waals surface area contributed by atoms with Gasteiger partial charge in [0.2, 0.25) is 0 Å². The monoisotopic (exact) mass is 176 g/mol. The fourth-order valence-corrected chi connectivity index (χ4v) is 0.503. The average molecular weight is 176 g/mol. The third-order valence-electron chi connectivity index (χ3n) is 0.966. The molecule has 0 aromatic carbocycles. The van der Waals surface area contributed by atoms with E-state index >= 15 is 0 Å². The van der Waals surface area contributed by atoms with Crippen LogP contribution in [0.4, 0.5) is 0 Å². The zero-order valence-corrected chi connectivity index (χ0v) is 5.74. The Morgan fingerprint density at radius 1 is 0.846 bits per heavy atom. The summed E-state index contributed by atoms with van der Waals surface area (Å²) in [5.41, 5.74) is 0. The van der Waals surface area contributed by atoms with E-state index < -0.39 is 24.1 Å². The van der Waals surface area contributed by atoms with Gasteiger partial charge in [0, 0.05) is 6.42 Å². The SMILES string of the molecule is O=C(O)CCC(=O)CC(=O)O.[LiH].[LiH]. The van der Waals surface area contributed by atoms with E-state index in [2.05, 4.69) is 0 Å². The van der Waals surface area contributed by atoms with Crippen molar-refractivity contribution in [3.8, 4) is 0 Å². The van der Waals surface area contributed by atoms with Gasteiger partial charge in [-0.05, 0) is 0 Å². The quantitative estimate of drug-likeness (QED) is 0.397. The van der Waals surface area contributed by atoms with Crippen molar-refractivity contribution in [3.05, 3.63) is 0 Å². The first-order valence-corrected chi connectivity index (χ1v) is 2.97. The standard InChI is InChI=1S/C6H8O5.2Li.2H/c7-4(3-6(10)11)1-2-5(8)9;;;;/h1-3H2,(H,8,9)(H,10,11);;;;. The molecule has 2 N–H and O–H groups in total.